The molecule has 0 bridgehead atoms. The lowest BCUT2D eigenvalue weighted by Gasteiger charge is -2.35. The molecule has 0 saturated carbocycles. The molecule has 0 radical (unpaired) electrons. The molecule has 140 valence electrons. The van der Waals surface area contributed by atoms with E-state index in [0.717, 1.165) is 11.1 Å². The molecule has 3 aromatic rings. The summed E-state index contributed by atoms with van der Waals surface area (Å²) in [5.41, 5.74) is 2.58. The van der Waals surface area contributed by atoms with Crippen LogP contribution in [0.4, 0.5) is 4.39 Å². The highest BCUT2D eigenvalue weighted by Crippen LogP contribution is 2.28. The van der Waals surface area contributed by atoms with Crippen LogP contribution in [-0.4, -0.2) is 29.8 Å². The van der Waals surface area contributed by atoms with E-state index in [9.17, 15) is 14.0 Å². The number of rotatable bonds is 3. The minimum absolute atomic E-state index is 0.201. The highest BCUT2D eigenvalue weighted by atomic mass is 19.1. The summed E-state index contributed by atoms with van der Waals surface area (Å²) < 4.78 is 14.4. The van der Waals surface area contributed by atoms with E-state index in [1.807, 2.05) is 48.5 Å². The summed E-state index contributed by atoms with van der Waals surface area (Å²) in [7, 11) is 0. The second-order valence-corrected chi connectivity index (χ2v) is 6.66. The van der Waals surface area contributed by atoms with Crippen molar-refractivity contribution in [1.82, 2.24) is 10.2 Å². The minimum Gasteiger partial charge on any atom is -0.352 e. The molecule has 1 aliphatic heterocycles. The third-order valence-electron chi connectivity index (χ3n) is 4.89. The molecule has 1 heterocycles. The lowest BCUT2D eigenvalue weighted by Crippen LogP contribution is -2.52. The molecule has 1 saturated heterocycles. The second kappa shape index (κ2) is 7.64. The highest BCUT2D eigenvalue weighted by Gasteiger charge is 2.36. The van der Waals surface area contributed by atoms with Crippen molar-refractivity contribution in [2.45, 2.75) is 6.04 Å². The number of hydrogen-bond donors (Lipinski definition) is 1. The van der Waals surface area contributed by atoms with Gasteiger partial charge in [-0.1, -0.05) is 60.7 Å². The van der Waals surface area contributed by atoms with Crippen LogP contribution in [0.2, 0.25) is 0 Å². The van der Waals surface area contributed by atoms with E-state index >= 15 is 0 Å². The summed E-state index contributed by atoms with van der Waals surface area (Å²) in [5, 5.41) is 2.73. The topological polar surface area (TPSA) is 49.4 Å². The van der Waals surface area contributed by atoms with Crippen LogP contribution in [0.5, 0.6) is 0 Å². The Hall–Kier alpha value is -3.47. The van der Waals surface area contributed by atoms with Gasteiger partial charge < -0.3 is 10.2 Å². The van der Waals surface area contributed by atoms with Crippen LogP contribution in [0.3, 0.4) is 0 Å². The number of piperazine rings is 1. The Kier molecular flexibility index (Phi) is 4.89. The van der Waals surface area contributed by atoms with E-state index in [0.29, 0.717) is 18.7 Å². The molecular weight excluding hydrogens is 355 g/mol. The SMILES string of the molecule is O=C1NCCN(C(=O)c2cccc(-c3ccccc3)c2)C1c1ccccc1F. The van der Waals surface area contributed by atoms with Crippen LogP contribution in [0.15, 0.2) is 78.9 Å². The fourth-order valence-corrected chi connectivity index (χ4v) is 3.52. The second-order valence-electron chi connectivity index (χ2n) is 6.66. The van der Waals surface area contributed by atoms with Crippen LogP contribution in [0, 0.1) is 5.82 Å². The summed E-state index contributed by atoms with van der Waals surface area (Å²) >= 11 is 0. The third kappa shape index (κ3) is 3.39. The van der Waals surface area contributed by atoms with Gasteiger partial charge in [0.25, 0.3) is 5.91 Å². The van der Waals surface area contributed by atoms with Gasteiger partial charge in [-0.05, 0) is 29.3 Å². The smallest absolute Gasteiger partial charge is 0.254 e. The monoisotopic (exact) mass is 374 g/mol. The first kappa shape index (κ1) is 17.9. The van der Waals surface area contributed by atoms with Crippen LogP contribution in [0.25, 0.3) is 11.1 Å². The molecule has 3 aromatic carbocycles. The molecular formula is C23H19FN2O2. The van der Waals surface area contributed by atoms with Gasteiger partial charge in [0.15, 0.2) is 0 Å². The Labute approximate surface area is 162 Å². The predicted octanol–water partition coefficient (Wildman–Crippen LogP) is 3.81. The number of carbonyl (C=O) groups is 2. The molecule has 1 fully saturated rings. The number of amides is 2. The zero-order valence-corrected chi connectivity index (χ0v) is 15.1. The molecule has 4 nitrogen and oxygen atoms in total. The lowest BCUT2D eigenvalue weighted by atomic mass is 9.99. The number of carbonyl (C=O) groups excluding carboxylic acids is 2. The highest BCUT2D eigenvalue weighted by molar-refractivity contribution is 5.99. The quantitative estimate of drug-likeness (QED) is 0.758. The number of nitrogens with one attached hydrogen (secondary N) is 1. The summed E-state index contributed by atoms with van der Waals surface area (Å²) in [4.78, 5) is 27.2. The van der Waals surface area contributed by atoms with E-state index < -0.39 is 11.9 Å². The summed E-state index contributed by atoms with van der Waals surface area (Å²) in [6.07, 6.45) is 0. The molecule has 1 N–H and O–H groups in total. The maximum Gasteiger partial charge on any atom is 0.254 e. The van der Waals surface area contributed by atoms with E-state index in [4.69, 9.17) is 0 Å². The first-order chi connectivity index (χ1) is 13.6. The van der Waals surface area contributed by atoms with Gasteiger partial charge in [0, 0.05) is 24.2 Å². The molecule has 0 aromatic heterocycles. The maximum atomic E-state index is 14.4. The zero-order chi connectivity index (χ0) is 19.5. The third-order valence-corrected chi connectivity index (χ3v) is 4.89. The fourth-order valence-electron chi connectivity index (χ4n) is 3.52. The van der Waals surface area contributed by atoms with Crippen molar-refractivity contribution in [3.63, 3.8) is 0 Å². The average Bonchev–Trinajstić information content (AvgIpc) is 2.74. The summed E-state index contributed by atoms with van der Waals surface area (Å²) in [5.74, 6) is -1.16. The Morgan fingerprint density at radius 1 is 0.929 bits per heavy atom. The first-order valence-electron chi connectivity index (χ1n) is 9.14. The number of benzene rings is 3. The number of halogens is 1. The minimum atomic E-state index is -0.983. The average molecular weight is 374 g/mol. The van der Waals surface area contributed by atoms with E-state index in [2.05, 4.69) is 5.32 Å². The van der Waals surface area contributed by atoms with Crippen molar-refractivity contribution in [3.8, 4) is 11.1 Å². The number of nitrogens with zero attached hydrogens (tertiary/aromatic N) is 1. The molecule has 0 aliphatic carbocycles. The normalized spacial score (nSPS) is 16.5. The van der Waals surface area contributed by atoms with Gasteiger partial charge >= 0.3 is 0 Å². The molecule has 4 rings (SSSR count). The summed E-state index contributed by atoms with van der Waals surface area (Å²) in [6.45, 7) is 0.660. The molecule has 1 unspecified atom stereocenters. The first-order valence-corrected chi connectivity index (χ1v) is 9.14. The predicted molar refractivity (Wildman–Crippen MR) is 105 cm³/mol. The van der Waals surface area contributed by atoms with Gasteiger partial charge in [-0.2, -0.15) is 0 Å². The summed E-state index contributed by atoms with van der Waals surface area (Å²) in [6, 6.07) is 22.1. The Morgan fingerprint density at radius 2 is 1.64 bits per heavy atom. The van der Waals surface area contributed by atoms with Crippen molar-refractivity contribution >= 4 is 11.8 Å². The van der Waals surface area contributed by atoms with Crippen molar-refractivity contribution in [2.75, 3.05) is 13.1 Å². The van der Waals surface area contributed by atoms with Gasteiger partial charge in [-0.15, -0.1) is 0 Å². The molecule has 28 heavy (non-hydrogen) atoms. The Bertz CT molecular complexity index is 1020. The number of hydrogen-bond acceptors (Lipinski definition) is 2. The van der Waals surface area contributed by atoms with Crippen molar-refractivity contribution in [1.29, 1.82) is 0 Å². The van der Waals surface area contributed by atoms with Gasteiger partial charge in [-0.3, -0.25) is 9.59 Å². The van der Waals surface area contributed by atoms with Gasteiger partial charge in [0.1, 0.15) is 11.9 Å². The Morgan fingerprint density at radius 3 is 2.43 bits per heavy atom. The lowest BCUT2D eigenvalue weighted by molar-refractivity contribution is -0.128. The Balaban J connectivity index is 1.70. The van der Waals surface area contributed by atoms with E-state index in [1.54, 1.807) is 24.3 Å². The van der Waals surface area contributed by atoms with Crippen LogP contribution in [0.1, 0.15) is 22.0 Å². The van der Waals surface area contributed by atoms with Crippen LogP contribution < -0.4 is 5.32 Å². The molecule has 1 atom stereocenters. The zero-order valence-electron chi connectivity index (χ0n) is 15.1. The van der Waals surface area contributed by atoms with Crippen LogP contribution >= 0.6 is 0 Å². The molecule has 0 spiro atoms. The van der Waals surface area contributed by atoms with Gasteiger partial charge in [0.05, 0.1) is 0 Å². The molecule has 2 amide bonds. The molecule has 1 aliphatic rings. The van der Waals surface area contributed by atoms with Crippen LogP contribution in [-0.2, 0) is 4.79 Å². The van der Waals surface area contributed by atoms with E-state index in [-0.39, 0.29) is 17.4 Å². The van der Waals surface area contributed by atoms with Crippen molar-refractivity contribution < 1.29 is 14.0 Å². The maximum absolute atomic E-state index is 14.4. The largest absolute Gasteiger partial charge is 0.352 e. The van der Waals surface area contributed by atoms with Gasteiger partial charge in [0.2, 0.25) is 5.91 Å². The standard InChI is InChI=1S/C23H19FN2O2/c24-20-12-5-4-11-19(20)21-22(27)25-13-14-26(21)23(28)18-10-6-9-17(15-18)16-7-2-1-3-8-16/h1-12,15,21H,13-14H2,(H,25,27). The fraction of sp³-hybridized carbons (Fsp3) is 0.130. The van der Waals surface area contributed by atoms with E-state index in [1.165, 1.54) is 11.0 Å². The van der Waals surface area contributed by atoms with Crippen molar-refractivity contribution in [2.24, 2.45) is 0 Å². The molecule has 5 heteroatoms. The van der Waals surface area contributed by atoms with Gasteiger partial charge in [-0.25, -0.2) is 4.39 Å². The van der Waals surface area contributed by atoms with Crippen molar-refractivity contribution in [3.05, 3.63) is 95.8 Å².